The molecule has 10 heavy (non-hydrogen) atoms. The Balaban J connectivity index is 0.000000180. The molecule has 0 unspecified atom stereocenters. The van der Waals surface area contributed by atoms with Crippen LogP contribution in [0.25, 0.3) is 0 Å². The molecule has 1 atom stereocenters. The second kappa shape index (κ2) is 4.99. The van der Waals surface area contributed by atoms with Crippen molar-refractivity contribution >= 4 is 5.97 Å². The van der Waals surface area contributed by atoms with Gasteiger partial charge in [0, 0.05) is 6.92 Å². The Bertz CT molecular complexity index is 125. The van der Waals surface area contributed by atoms with Crippen LogP contribution in [0, 0.1) is 0 Å². The Morgan fingerprint density at radius 1 is 1.70 bits per heavy atom. The summed E-state index contributed by atoms with van der Waals surface area (Å²) in [5.74, 6) is -0.833. The number of hydrogen-bond acceptors (Lipinski definition) is 2. The molecule has 3 heteroatoms. The number of aliphatic hydroxyl groups is 1. The van der Waals surface area contributed by atoms with E-state index in [9.17, 15) is 0 Å². The van der Waals surface area contributed by atoms with Crippen molar-refractivity contribution in [1.29, 1.82) is 0 Å². The van der Waals surface area contributed by atoms with Crippen LogP contribution in [-0.4, -0.2) is 22.3 Å². The van der Waals surface area contributed by atoms with Gasteiger partial charge in [-0.15, -0.1) is 0 Å². The number of allylic oxidation sites excluding steroid dienone is 1. The molecule has 0 fully saturated rings. The van der Waals surface area contributed by atoms with Crippen LogP contribution in [0.15, 0.2) is 12.2 Å². The molecule has 1 aliphatic rings. The summed E-state index contributed by atoms with van der Waals surface area (Å²) in [5.41, 5.74) is 0. The van der Waals surface area contributed by atoms with Crippen molar-refractivity contribution in [3.8, 4) is 0 Å². The normalized spacial score (nSPS) is 21.6. The van der Waals surface area contributed by atoms with Crippen molar-refractivity contribution in [2.75, 3.05) is 0 Å². The van der Waals surface area contributed by atoms with Gasteiger partial charge in [0.25, 0.3) is 5.97 Å². The Hall–Kier alpha value is -0.830. The molecule has 0 bridgehead atoms. The minimum Gasteiger partial charge on any atom is -0.481 e. The molecule has 0 spiro atoms. The first-order chi connectivity index (χ1) is 4.63. The predicted molar refractivity (Wildman–Crippen MR) is 37.7 cm³/mol. The molecule has 0 radical (unpaired) electrons. The van der Waals surface area contributed by atoms with E-state index in [-0.39, 0.29) is 6.10 Å². The van der Waals surface area contributed by atoms with Gasteiger partial charge in [0.2, 0.25) is 0 Å². The van der Waals surface area contributed by atoms with Crippen molar-refractivity contribution in [2.45, 2.75) is 25.9 Å². The van der Waals surface area contributed by atoms with Crippen molar-refractivity contribution in [3.63, 3.8) is 0 Å². The highest BCUT2D eigenvalue weighted by atomic mass is 16.4. The molecule has 3 nitrogen and oxygen atoms in total. The van der Waals surface area contributed by atoms with Crippen LogP contribution in [0.5, 0.6) is 0 Å². The van der Waals surface area contributed by atoms with Gasteiger partial charge in [-0.1, -0.05) is 12.2 Å². The molecule has 58 valence electrons. The van der Waals surface area contributed by atoms with Crippen molar-refractivity contribution in [1.82, 2.24) is 0 Å². The maximum absolute atomic E-state index is 9.00. The van der Waals surface area contributed by atoms with E-state index in [2.05, 4.69) is 0 Å². The summed E-state index contributed by atoms with van der Waals surface area (Å²) in [6.07, 6.45) is 5.69. The molecule has 0 heterocycles. The zero-order chi connectivity index (χ0) is 7.98. The minimum absolute atomic E-state index is 0.134. The maximum Gasteiger partial charge on any atom is 0.300 e. The molecule has 0 aromatic rings. The molecule has 0 aromatic carbocycles. The average Bonchev–Trinajstić information content (AvgIpc) is 2.15. The lowest BCUT2D eigenvalue weighted by atomic mass is 10.3. The molecule has 0 saturated heterocycles. The molecule has 0 saturated carbocycles. The molecule has 0 aliphatic heterocycles. The van der Waals surface area contributed by atoms with Crippen LogP contribution < -0.4 is 0 Å². The monoisotopic (exact) mass is 144 g/mol. The summed E-state index contributed by atoms with van der Waals surface area (Å²) in [5, 5.41) is 16.1. The summed E-state index contributed by atoms with van der Waals surface area (Å²) in [6, 6.07) is 0. The first-order valence-electron chi connectivity index (χ1n) is 3.17. The Labute approximate surface area is 60.0 Å². The number of aliphatic hydroxyl groups excluding tert-OH is 1. The fourth-order valence-corrected chi connectivity index (χ4v) is 0.617. The maximum atomic E-state index is 9.00. The van der Waals surface area contributed by atoms with Crippen LogP contribution in [0.4, 0.5) is 0 Å². The Morgan fingerprint density at radius 3 is 2.30 bits per heavy atom. The zero-order valence-corrected chi connectivity index (χ0v) is 5.95. The molecular formula is C7H12O3. The third kappa shape index (κ3) is 7.17. The highest BCUT2D eigenvalue weighted by Gasteiger charge is 2.00. The molecule has 1 rings (SSSR count). The van der Waals surface area contributed by atoms with E-state index < -0.39 is 5.97 Å². The van der Waals surface area contributed by atoms with Gasteiger partial charge < -0.3 is 10.2 Å². The second-order valence-corrected chi connectivity index (χ2v) is 2.09. The number of carbonyl (C=O) groups is 1. The number of rotatable bonds is 0. The minimum atomic E-state index is -0.833. The lowest BCUT2D eigenvalue weighted by Crippen LogP contribution is -1.93. The van der Waals surface area contributed by atoms with Gasteiger partial charge in [-0.25, -0.2) is 0 Å². The Morgan fingerprint density at radius 2 is 2.20 bits per heavy atom. The van der Waals surface area contributed by atoms with Gasteiger partial charge >= 0.3 is 0 Å². The summed E-state index contributed by atoms with van der Waals surface area (Å²) in [6.45, 7) is 1.08. The van der Waals surface area contributed by atoms with Crippen molar-refractivity contribution in [2.24, 2.45) is 0 Å². The standard InChI is InChI=1S/C5H8O.C2H4O2/c6-5-3-1-2-4-5;1-2(3)4/h1,3,5-6H,2,4H2;1H3,(H,3,4)/t5-;/m1./s1. The quantitative estimate of drug-likeness (QED) is 0.494. The fraction of sp³-hybridized carbons (Fsp3) is 0.571. The van der Waals surface area contributed by atoms with E-state index in [4.69, 9.17) is 15.0 Å². The van der Waals surface area contributed by atoms with Gasteiger partial charge in [0.1, 0.15) is 0 Å². The van der Waals surface area contributed by atoms with E-state index in [1.165, 1.54) is 0 Å². The summed E-state index contributed by atoms with van der Waals surface area (Å²) >= 11 is 0. The third-order valence-electron chi connectivity index (χ3n) is 0.987. The van der Waals surface area contributed by atoms with Crippen LogP contribution in [0.3, 0.4) is 0 Å². The van der Waals surface area contributed by atoms with Gasteiger partial charge in [-0.05, 0) is 12.8 Å². The van der Waals surface area contributed by atoms with Crippen LogP contribution in [-0.2, 0) is 4.79 Å². The van der Waals surface area contributed by atoms with E-state index in [0.29, 0.717) is 0 Å². The lowest BCUT2D eigenvalue weighted by Gasteiger charge is -1.89. The van der Waals surface area contributed by atoms with Crippen molar-refractivity contribution < 1.29 is 15.0 Å². The van der Waals surface area contributed by atoms with E-state index in [0.717, 1.165) is 19.8 Å². The van der Waals surface area contributed by atoms with E-state index in [1.807, 2.05) is 12.2 Å². The number of carboxylic acid groups (broad SMARTS) is 1. The van der Waals surface area contributed by atoms with Gasteiger partial charge in [0.05, 0.1) is 6.10 Å². The average molecular weight is 144 g/mol. The van der Waals surface area contributed by atoms with Crippen LogP contribution >= 0.6 is 0 Å². The SMILES string of the molecule is CC(=O)O.O[C@@H]1C=CCC1. The topological polar surface area (TPSA) is 57.5 Å². The fourth-order valence-electron chi connectivity index (χ4n) is 0.617. The number of hydrogen-bond donors (Lipinski definition) is 2. The molecular weight excluding hydrogens is 132 g/mol. The largest absolute Gasteiger partial charge is 0.481 e. The van der Waals surface area contributed by atoms with Crippen molar-refractivity contribution in [3.05, 3.63) is 12.2 Å². The summed E-state index contributed by atoms with van der Waals surface area (Å²) in [7, 11) is 0. The van der Waals surface area contributed by atoms with E-state index in [1.54, 1.807) is 0 Å². The van der Waals surface area contributed by atoms with Gasteiger partial charge in [-0.2, -0.15) is 0 Å². The molecule has 0 aromatic heterocycles. The molecule has 1 aliphatic carbocycles. The first-order valence-corrected chi connectivity index (χ1v) is 3.17. The smallest absolute Gasteiger partial charge is 0.300 e. The predicted octanol–water partition coefficient (Wildman–Crippen LogP) is 0.788. The molecule has 2 N–H and O–H groups in total. The van der Waals surface area contributed by atoms with Gasteiger partial charge in [0.15, 0.2) is 0 Å². The van der Waals surface area contributed by atoms with Crippen LogP contribution in [0.2, 0.25) is 0 Å². The number of aliphatic carboxylic acids is 1. The Kier molecular flexibility index (Phi) is 4.58. The van der Waals surface area contributed by atoms with Crippen LogP contribution in [0.1, 0.15) is 19.8 Å². The summed E-state index contributed by atoms with van der Waals surface area (Å²) < 4.78 is 0. The highest BCUT2D eigenvalue weighted by Crippen LogP contribution is 2.06. The zero-order valence-electron chi connectivity index (χ0n) is 5.95. The molecule has 0 amide bonds. The first kappa shape index (κ1) is 9.17. The third-order valence-corrected chi connectivity index (χ3v) is 0.987. The lowest BCUT2D eigenvalue weighted by molar-refractivity contribution is -0.134. The summed E-state index contributed by atoms with van der Waals surface area (Å²) in [4.78, 5) is 9.00. The highest BCUT2D eigenvalue weighted by molar-refractivity contribution is 5.62. The van der Waals surface area contributed by atoms with E-state index >= 15 is 0 Å². The second-order valence-electron chi connectivity index (χ2n) is 2.09. The number of carboxylic acids is 1. The van der Waals surface area contributed by atoms with Gasteiger partial charge in [-0.3, -0.25) is 4.79 Å².